The van der Waals surface area contributed by atoms with Crippen molar-refractivity contribution >= 4 is 33.6 Å². The largest absolute Gasteiger partial charge is 0.463 e. The van der Waals surface area contributed by atoms with Gasteiger partial charge in [-0.15, -0.1) is 0 Å². The van der Waals surface area contributed by atoms with E-state index in [0.717, 1.165) is 0 Å². The number of hydrogen-bond acceptors (Lipinski definition) is 6. The highest BCUT2D eigenvalue weighted by Gasteiger charge is 2.12. The Labute approximate surface area is 99.7 Å². The second-order valence-electron chi connectivity index (χ2n) is 2.67. The third kappa shape index (κ3) is 2.97. The molecule has 0 atom stereocenters. The van der Waals surface area contributed by atoms with Crippen molar-refractivity contribution in [2.75, 3.05) is 7.11 Å². The quantitative estimate of drug-likeness (QED) is 0.365. The molecule has 0 bridgehead atoms. The van der Waals surface area contributed by atoms with Crippen LogP contribution in [-0.4, -0.2) is 34.1 Å². The van der Waals surface area contributed by atoms with Crippen LogP contribution in [0.2, 0.25) is 0 Å². The van der Waals surface area contributed by atoms with Gasteiger partial charge in [0.05, 0.1) is 11.6 Å². The predicted molar refractivity (Wildman–Crippen MR) is 58.8 cm³/mol. The molecule has 0 aliphatic heterocycles. The molecular formula is C8H9BrN4O3. The number of esters is 1. The van der Waals surface area contributed by atoms with Gasteiger partial charge in [-0.2, -0.15) is 0 Å². The van der Waals surface area contributed by atoms with Gasteiger partial charge in [0.25, 0.3) is 0 Å². The van der Waals surface area contributed by atoms with Crippen LogP contribution in [0.4, 0.5) is 5.82 Å². The zero-order chi connectivity index (χ0) is 12.1. The lowest BCUT2D eigenvalue weighted by Gasteiger charge is -2.02. The van der Waals surface area contributed by atoms with Gasteiger partial charge >= 0.3 is 5.97 Å². The van der Waals surface area contributed by atoms with Gasteiger partial charge in [-0.25, -0.2) is 19.8 Å². The maximum atomic E-state index is 11.2. The van der Waals surface area contributed by atoms with Crippen molar-refractivity contribution in [2.45, 2.75) is 6.92 Å². The summed E-state index contributed by atoms with van der Waals surface area (Å²) in [6.07, 6.45) is 1.38. The molecular weight excluding hydrogens is 280 g/mol. The topological polar surface area (TPSA) is 96.7 Å². The van der Waals surface area contributed by atoms with E-state index in [0.29, 0.717) is 4.47 Å². The fourth-order valence-corrected chi connectivity index (χ4v) is 1.09. The van der Waals surface area contributed by atoms with Gasteiger partial charge in [0.1, 0.15) is 5.84 Å². The molecule has 86 valence electrons. The molecule has 1 aromatic heterocycles. The average molecular weight is 289 g/mol. The van der Waals surface area contributed by atoms with Gasteiger partial charge < -0.3 is 4.74 Å². The number of methoxy groups -OCH3 is 1. The standard InChI is InChI=1S/C8H9BrN4O3/c1-4(13-15)11-6-5(9)3-10-7(12-6)8(14)16-2/h3,15H,1-2H3,(H,10,11,12,13). The number of aromatic nitrogens is 2. The fraction of sp³-hybridized carbons (Fsp3) is 0.250. The Kier molecular flexibility index (Phi) is 4.32. The summed E-state index contributed by atoms with van der Waals surface area (Å²) in [6, 6.07) is 0. The fourth-order valence-electron chi connectivity index (χ4n) is 0.810. The van der Waals surface area contributed by atoms with Crippen molar-refractivity contribution in [3.63, 3.8) is 0 Å². The van der Waals surface area contributed by atoms with E-state index in [1.54, 1.807) is 0 Å². The van der Waals surface area contributed by atoms with Crippen LogP contribution in [0.1, 0.15) is 17.5 Å². The highest BCUT2D eigenvalue weighted by Crippen LogP contribution is 2.21. The van der Waals surface area contributed by atoms with E-state index in [4.69, 9.17) is 5.21 Å². The molecule has 0 unspecified atom stereocenters. The van der Waals surface area contributed by atoms with Crippen molar-refractivity contribution in [2.24, 2.45) is 4.99 Å². The minimum Gasteiger partial charge on any atom is -0.463 e. The number of amidine groups is 1. The van der Waals surface area contributed by atoms with E-state index >= 15 is 0 Å². The zero-order valence-corrected chi connectivity index (χ0v) is 10.1. The van der Waals surface area contributed by atoms with Gasteiger partial charge in [-0.05, 0) is 22.9 Å². The molecule has 0 radical (unpaired) electrons. The predicted octanol–water partition coefficient (Wildman–Crippen LogP) is 1.05. The molecule has 1 aromatic rings. The summed E-state index contributed by atoms with van der Waals surface area (Å²) in [5.41, 5.74) is 1.86. The molecule has 2 N–H and O–H groups in total. The van der Waals surface area contributed by atoms with Crippen molar-refractivity contribution in [1.82, 2.24) is 15.4 Å². The molecule has 8 heteroatoms. The third-order valence-electron chi connectivity index (χ3n) is 1.53. The first-order valence-corrected chi connectivity index (χ1v) is 4.94. The maximum absolute atomic E-state index is 11.2. The lowest BCUT2D eigenvalue weighted by atomic mass is 10.5. The summed E-state index contributed by atoms with van der Waals surface area (Å²) in [5.74, 6) is -0.307. The Bertz CT molecular complexity index is 435. The Hall–Kier alpha value is -1.54. The number of carbonyl (C=O) groups excluding carboxylic acids is 1. The Morgan fingerprint density at radius 3 is 2.94 bits per heavy atom. The second kappa shape index (κ2) is 5.52. The van der Waals surface area contributed by atoms with Crippen LogP contribution in [0.15, 0.2) is 15.7 Å². The molecule has 7 nitrogen and oxygen atoms in total. The summed E-state index contributed by atoms with van der Waals surface area (Å²) >= 11 is 3.17. The van der Waals surface area contributed by atoms with Crippen LogP contribution in [0.3, 0.4) is 0 Å². The van der Waals surface area contributed by atoms with Crippen molar-refractivity contribution in [3.8, 4) is 0 Å². The first-order chi connectivity index (χ1) is 7.58. The van der Waals surface area contributed by atoms with Crippen LogP contribution < -0.4 is 5.48 Å². The van der Waals surface area contributed by atoms with Crippen LogP contribution in [0.25, 0.3) is 0 Å². The molecule has 1 rings (SSSR count). The monoisotopic (exact) mass is 288 g/mol. The van der Waals surface area contributed by atoms with Crippen molar-refractivity contribution < 1.29 is 14.7 Å². The van der Waals surface area contributed by atoms with Crippen LogP contribution >= 0.6 is 15.9 Å². The molecule has 0 saturated heterocycles. The number of carbonyl (C=O) groups is 1. The number of rotatable bonds is 2. The summed E-state index contributed by atoms with van der Waals surface area (Å²) in [4.78, 5) is 22.7. The van der Waals surface area contributed by atoms with Gasteiger partial charge in [0, 0.05) is 6.20 Å². The number of hydroxylamine groups is 1. The summed E-state index contributed by atoms with van der Waals surface area (Å²) < 4.78 is 4.96. The Morgan fingerprint density at radius 1 is 1.69 bits per heavy atom. The Morgan fingerprint density at radius 2 is 2.38 bits per heavy atom. The van der Waals surface area contributed by atoms with Crippen LogP contribution in [0.5, 0.6) is 0 Å². The number of aliphatic imine (C=N–C) groups is 1. The molecule has 0 aliphatic carbocycles. The van der Waals surface area contributed by atoms with Gasteiger partial charge in [0.15, 0.2) is 5.82 Å². The smallest absolute Gasteiger partial charge is 0.376 e. The third-order valence-corrected chi connectivity index (χ3v) is 2.09. The molecule has 0 aliphatic rings. The molecule has 1 heterocycles. The molecule has 0 aromatic carbocycles. The van der Waals surface area contributed by atoms with E-state index in [1.165, 1.54) is 20.2 Å². The van der Waals surface area contributed by atoms with Crippen molar-refractivity contribution in [3.05, 3.63) is 16.5 Å². The lowest BCUT2D eigenvalue weighted by molar-refractivity contribution is 0.0586. The van der Waals surface area contributed by atoms with Gasteiger partial charge in [0.2, 0.25) is 5.82 Å². The summed E-state index contributed by atoms with van der Waals surface area (Å²) in [7, 11) is 1.23. The van der Waals surface area contributed by atoms with Crippen molar-refractivity contribution in [1.29, 1.82) is 0 Å². The van der Waals surface area contributed by atoms with E-state index in [1.807, 2.05) is 5.48 Å². The number of nitrogens with zero attached hydrogens (tertiary/aromatic N) is 3. The minimum atomic E-state index is -0.654. The average Bonchev–Trinajstić information content (AvgIpc) is 2.30. The minimum absolute atomic E-state index is 0.102. The number of halogens is 1. The summed E-state index contributed by atoms with van der Waals surface area (Å²) in [5, 5.41) is 8.58. The van der Waals surface area contributed by atoms with Crippen LogP contribution in [-0.2, 0) is 4.74 Å². The molecule has 0 fully saturated rings. The Balaban J connectivity index is 3.14. The van der Waals surface area contributed by atoms with E-state index < -0.39 is 5.97 Å². The van der Waals surface area contributed by atoms with E-state index in [2.05, 4.69) is 35.6 Å². The maximum Gasteiger partial charge on any atom is 0.376 e. The number of hydrogen-bond donors (Lipinski definition) is 2. The number of ether oxygens (including phenoxy) is 1. The van der Waals surface area contributed by atoms with E-state index in [9.17, 15) is 4.79 Å². The van der Waals surface area contributed by atoms with E-state index in [-0.39, 0.29) is 17.5 Å². The normalized spacial score (nSPS) is 11.1. The highest BCUT2D eigenvalue weighted by molar-refractivity contribution is 9.10. The second-order valence-corrected chi connectivity index (χ2v) is 3.52. The first kappa shape index (κ1) is 12.5. The molecule has 16 heavy (non-hydrogen) atoms. The first-order valence-electron chi connectivity index (χ1n) is 4.14. The van der Waals surface area contributed by atoms with Gasteiger partial charge in [-0.1, -0.05) is 0 Å². The van der Waals surface area contributed by atoms with Gasteiger partial charge in [-0.3, -0.25) is 10.7 Å². The van der Waals surface area contributed by atoms with Crippen LogP contribution in [0, 0.1) is 0 Å². The number of nitrogens with one attached hydrogen (secondary N) is 1. The lowest BCUT2D eigenvalue weighted by Crippen LogP contribution is -2.14. The molecule has 0 spiro atoms. The summed E-state index contributed by atoms with van der Waals surface area (Å²) in [6.45, 7) is 1.53. The highest BCUT2D eigenvalue weighted by atomic mass is 79.9. The molecule has 0 amide bonds. The zero-order valence-electron chi connectivity index (χ0n) is 8.56. The SMILES string of the molecule is COC(=O)c1ncc(Br)c(/N=C(\C)NO)n1. The molecule has 0 saturated carbocycles.